The monoisotopic (exact) mass is 387 g/mol. The van der Waals surface area contributed by atoms with Crippen molar-refractivity contribution in [3.05, 3.63) is 51.5 Å². The fraction of sp³-hybridized carbons (Fsp3) is 0.444. The lowest BCUT2D eigenvalue weighted by Gasteiger charge is -2.28. The third-order valence-electron chi connectivity index (χ3n) is 5.32. The molecule has 1 aliphatic carbocycles. The number of nitrogens with zero attached hydrogens (tertiary/aromatic N) is 2. The van der Waals surface area contributed by atoms with Crippen LogP contribution in [0, 0.1) is 16.0 Å². The average molecular weight is 387 g/mol. The fourth-order valence-electron chi connectivity index (χ4n) is 3.87. The van der Waals surface area contributed by atoms with Crippen molar-refractivity contribution in [1.29, 1.82) is 0 Å². The summed E-state index contributed by atoms with van der Waals surface area (Å²) in [7, 11) is 0. The minimum absolute atomic E-state index is 0.0653. The number of nitrogens with one attached hydrogen (secondary N) is 3. The van der Waals surface area contributed by atoms with Crippen LogP contribution in [-0.4, -0.2) is 33.9 Å². The van der Waals surface area contributed by atoms with Gasteiger partial charge >= 0.3 is 0 Å². The van der Waals surface area contributed by atoms with E-state index in [1.165, 1.54) is 0 Å². The quantitative estimate of drug-likeness (QED) is 0.532. The van der Waals surface area contributed by atoms with Crippen molar-refractivity contribution in [2.45, 2.75) is 43.9 Å². The van der Waals surface area contributed by atoms with Crippen molar-refractivity contribution in [3.8, 4) is 10.6 Å². The maximum absolute atomic E-state index is 12.6. The van der Waals surface area contributed by atoms with Crippen molar-refractivity contribution in [1.82, 2.24) is 21.2 Å². The number of carbonyl (C=O) groups excluding carboxylic acids is 1. The lowest BCUT2D eigenvalue weighted by Crippen LogP contribution is -2.46. The zero-order valence-electron chi connectivity index (χ0n) is 14.6. The van der Waals surface area contributed by atoms with Crippen LogP contribution in [0.4, 0.5) is 0 Å². The number of aromatic nitrogens is 1. The molecule has 9 heteroatoms. The Morgan fingerprint density at radius 3 is 2.89 bits per heavy atom. The maximum Gasteiger partial charge on any atom is 0.239 e. The SMILES string of the molecule is O=C(NCc1csc(-c2ccccc2)n1)C1NNC2CCC([N+](=O)[O-])CC21. The van der Waals surface area contributed by atoms with Crippen molar-refractivity contribution in [2.24, 2.45) is 5.92 Å². The van der Waals surface area contributed by atoms with Crippen LogP contribution < -0.4 is 16.2 Å². The number of hydrogen-bond donors (Lipinski definition) is 3. The Morgan fingerprint density at radius 1 is 1.30 bits per heavy atom. The van der Waals surface area contributed by atoms with Crippen LogP contribution in [0.1, 0.15) is 25.0 Å². The fourth-order valence-corrected chi connectivity index (χ4v) is 4.70. The predicted molar refractivity (Wildman–Crippen MR) is 101 cm³/mol. The van der Waals surface area contributed by atoms with E-state index in [1.54, 1.807) is 11.3 Å². The number of rotatable bonds is 5. The molecule has 1 aliphatic heterocycles. The molecule has 2 aliphatic rings. The molecular weight excluding hydrogens is 366 g/mol. The first-order valence-electron chi connectivity index (χ1n) is 9.04. The minimum Gasteiger partial charge on any atom is -0.349 e. The molecule has 2 aromatic rings. The molecule has 1 aromatic carbocycles. The van der Waals surface area contributed by atoms with E-state index < -0.39 is 12.1 Å². The molecule has 142 valence electrons. The number of amides is 1. The second kappa shape index (κ2) is 7.71. The number of fused-ring (bicyclic) bond motifs is 1. The molecule has 1 amide bonds. The van der Waals surface area contributed by atoms with Gasteiger partial charge in [0.25, 0.3) is 0 Å². The van der Waals surface area contributed by atoms with Gasteiger partial charge in [0.05, 0.1) is 12.2 Å². The second-order valence-electron chi connectivity index (χ2n) is 7.02. The summed E-state index contributed by atoms with van der Waals surface area (Å²) in [5.41, 5.74) is 8.01. The first-order chi connectivity index (χ1) is 13.1. The molecule has 0 spiro atoms. The van der Waals surface area contributed by atoms with Gasteiger partial charge in [0.15, 0.2) is 0 Å². The van der Waals surface area contributed by atoms with Crippen molar-refractivity contribution < 1.29 is 9.72 Å². The lowest BCUT2D eigenvalue weighted by atomic mass is 9.79. The zero-order valence-corrected chi connectivity index (χ0v) is 15.4. The molecular formula is C18H21N5O3S. The highest BCUT2D eigenvalue weighted by Gasteiger charge is 2.46. The zero-order chi connectivity index (χ0) is 18.8. The lowest BCUT2D eigenvalue weighted by molar-refractivity contribution is -0.528. The number of hydrogen-bond acceptors (Lipinski definition) is 7. The van der Waals surface area contributed by atoms with E-state index in [1.807, 2.05) is 35.7 Å². The minimum atomic E-state index is -0.560. The third kappa shape index (κ3) is 3.85. The van der Waals surface area contributed by atoms with Gasteiger partial charge in [-0.1, -0.05) is 30.3 Å². The summed E-state index contributed by atoms with van der Waals surface area (Å²) in [5, 5.41) is 16.9. The highest BCUT2D eigenvalue weighted by Crippen LogP contribution is 2.32. The summed E-state index contributed by atoms with van der Waals surface area (Å²) in [6, 6.07) is 9.00. The molecule has 0 radical (unpaired) electrons. The summed E-state index contributed by atoms with van der Waals surface area (Å²) < 4.78 is 0. The molecule has 4 unspecified atom stereocenters. The Hall–Kier alpha value is -2.36. The Morgan fingerprint density at radius 2 is 2.11 bits per heavy atom. The summed E-state index contributed by atoms with van der Waals surface area (Å²) >= 11 is 1.54. The Kier molecular flexibility index (Phi) is 5.15. The van der Waals surface area contributed by atoms with Gasteiger partial charge in [-0.2, -0.15) is 0 Å². The normalized spacial score (nSPS) is 27.1. The van der Waals surface area contributed by atoms with Gasteiger partial charge in [-0.3, -0.25) is 20.3 Å². The highest BCUT2D eigenvalue weighted by molar-refractivity contribution is 7.13. The molecule has 3 N–H and O–H groups in total. The topological polar surface area (TPSA) is 109 Å². The van der Waals surface area contributed by atoms with Crippen molar-refractivity contribution in [2.75, 3.05) is 0 Å². The summed E-state index contributed by atoms with van der Waals surface area (Å²) in [5.74, 6) is -0.210. The van der Waals surface area contributed by atoms with Crippen LogP contribution in [0.5, 0.6) is 0 Å². The van der Waals surface area contributed by atoms with Crippen LogP contribution in [0.3, 0.4) is 0 Å². The summed E-state index contributed by atoms with van der Waals surface area (Å²) in [4.78, 5) is 28.1. The summed E-state index contributed by atoms with van der Waals surface area (Å²) in [6.07, 6.45) is 1.68. The van der Waals surface area contributed by atoms with E-state index in [0.717, 1.165) is 16.3 Å². The van der Waals surface area contributed by atoms with Crippen LogP contribution in [-0.2, 0) is 11.3 Å². The molecule has 2 fully saturated rings. The molecule has 1 saturated carbocycles. The molecule has 4 atom stereocenters. The Labute approximate surface area is 160 Å². The Bertz CT molecular complexity index is 827. The molecule has 2 heterocycles. The van der Waals surface area contributed by atoms with E-state index in [2.05, 4.69) is 21.2 Å². The average Bonchev–Trinajstić information content (AvgIpc) is 3.33. The molecule has 8 nitrogen and oxygen atoms in total. The molecule has 1 aromatic heterocycles. The smallest absolute Gasteiger partial charge is 0.239 e. The second-order valence-corrected chi connectivity index (χ2v) is 7.87. The van der Waals surface area contributed by atoms with Gasteiger partial charge in [-0.05, 0) is 6.42 Å². The van der Waals surface area contributed by atoms with Crippen molar-refractivity contribution >= 4 is 17.2 Å². The Balaban J connectivity index is 1.36. The van der Waals surface area contributed by atoms with Crippen LogP contribution in [0.2, 0.25) is 0 Å². The predicted octanol–water partition coefficient (Wildman–Crippen LogP) is 1.72. The highest BCUT2D eigenvalue weighted by atomic mass is 32.1. The molecule has 27 heavy (non-hydrogen) atoms. The van der Waals surface area contributed by atoms with Crippen molar-refractivity contribution in [3.63, 3.8) is 0 Å². The number of hydrazine groups is 1. The number of carbonyl (C=O) groups is 1. The first kappa shape index (κ1) is 18.0. The first-order valence-corrected chi connectivity index (χ1v) is 9.92. The van der Waals surface area contributed by atoms with Gasteiger partial charge in [0.2, 0.25) is 11.9 Å². The largest absolute Gasteiger partial charge is 0.349 e. The summed E-state index contributed by atoms with van der Waals surface area (Å²) in [6.45, 7) is 0.344. The van der Waals surface area contributed by atoms with E-state index >= 15 is 0 Å². The van der Waals surface area contributed by atoms with Crippen LogP contribution in [0.15, 0.2) is 35.7 Å². The number of benzene rings is 1. The van der Waals surface area contributed by atoms with Gasteiger partial charge in [-0.15, -0.1) is 11.3 Å². The number of nitro groups is 1. The van der Waals surface area contributed by atoms with Gasteiger partial charge < -0.3 is 5.32 Å². The van der Waals surface area contributed by atoms with Gasteiger partial charge in [0.1, 0.15) is 11.0 Å². The number of thiazole rings is 1. The van der Waals surface area contributed by atoms with E-state index in [4.69, 9.17) is 0 Å². The van der Waals surface area contributed by atoms with Gasteiger partial charge in [-0.25, -0.2) is 10.4 Å². The van der Waals surface area contributed by atoms with Crippen LogP contribution >= 0.6 is 11.3 Å². The molecule has 1 saturated heterocycles. The van der Waals surface area contributed by atoms with E-state index in [-0.39, 0.29) is 22.8 Å². The maximum atomic E-state index is 12.6. The molecule has 0 bridgehead atoms. The molecule has 4 rings (SSSR count). The van der Waals surface area contributed by atoms with E-state index in [9.17, 15) is 14.9 Å². The third-order valence-corrected chi connectivity index (χ3v) is 6.26. The van der Waals surface area contributed by atoms with Crippen LogP contribution in [0.25, 0.3) is 10.6 Å². The standard InChI is InChI=1S/C18H21N5O3S/c24-17(16-14-8-13(23(25)26)6-7-15(14)21-22-16)19-9-12-10-27-18(20-12)11-4-2-1-3-5-11/h1-5,10,13-16,21-22H,6-9H2,(H,19,24). The van der Waals surface area contributed by atoms with E-state index in [0.29, 0.717) is 25.8 Å². The van der Waals surface area contributed by atoms with Gasteiger partial charge in [0, 0.05) is 40.7 Å².